The number of nitrogens with zero attached hydrogens (tertiary/aromatic N) is 4. The van der Waals surface area contributed by atoms with Crippen LogP contribution >= 0.6 is 23.2 Å². The summed E-state index contributed by atoms with van der Waals surface area (Å²) >= 11 is 12.0. The number of benzene rings is 4. The van der Waals surface area contributed by atoms with Crippen molar-refractivity contribution in [3.8, 4) is 11.1 Å². The van der Waals surface area contributed by atoms with Gasteiger partial charge in [-0.05, 0) is 70.8 Å². The Morgan fingerprint density at radius 1 is 0.479 bits per heavy atom. The molecule has 0 bridgehead atoms. The highest BCUT2D eigenvalue weighted by atomic mass is 35.5. The quantitative estimate of drug-likeness (QED) is 0.217. The van der Waals surface area contributed by atoms with Crippen molar-refractivity contribution in [3.05, 3.63) is 117 Å². The van der Waals surface area contributed by atoms with Crippen molar-refractivity contribution in [3.63, 3.8) is 0 Å². The second kappa shape index (κ2) is 13.3. The standard InChI is InChI=1S/C35H34Cl2N4O5S2/c36-27-5-1-25(2-6-27)23-38-13-17-40(18-14-38)47(43,44)29-9-11-31-32-12-10-30(22-34(32)35(42)33(31)21-29)48(45,46)41-19-15-39(16-20-41)24-26-3-7-28(37)8-4-26/h1-12,21-22H,13-20,23-24H2. The fraction of sp³-hybridized carbons (Fsp3) is 0.286. The van der Waals surface area contributed by atoms with Gasteiger partial charge in [-0.25, -0.2) is 16.8 Å². The molecule has 0 radical (unpaired) electrons. The second-order valence-electron chi connectivity index (χ2n) is 12.4. The molecule has 0 spiro atoms. The van der Waals surface area contributed by atoms with E-state index in [2.05, 4.69) is 9.80 Å². The molecule has 0 unspecified atom stereocenters. The molecule has 2 saturated heterocycles. The summed E-state index contributed by atoms with van der Waals surface area (Å²) in [7, 11) is -7.69. The van der Waals surface area contributed by atoms with Crippen LogP contribution in [0.5, 0.6) is 0 Å². The molecule has 3 aliphatic rings. The molecule has 0 N–H and O–H groups in total. The summed E-state index contributed by atoms with van der Waals surface area (Å²) in [4.78, 5) is 18.1. The number of carbonyl (C=O) groups excluding carboxylic acids is 1. The molecular weight excluding hydrogens is 691 g/mol. The summed E-state index contributed by atoms with van der Waals surface area (Å²) in [6.07, 6.45) is 0. The van der Waals surface area contributed by atoms with Gasteiger partial charge in [0, 0.05) is 86.6 Å². The minimum atomic E-state index is -3.84. The Kier molecular flexibility index (Phi) is 9.24. The predicted octanol–water partition coefficient (Wildman–Crippen LogP) is 5.22. The van der Waals surface area contributed by atoms with E-state index in [1.165, 1.54) is 32.9 Å². The number of fused-ring (bicyclic) bond motifs is 3. The van der Waals surface area contributed by atoms with Gasteiger partial charge < -0.3 is 0 Å². The summed E-state index contributed by atoms with van der Waals surface area (Å²) in [6, 6.07) is 24.5. The third-order valence-electron chi connectivity index (χ3n) is 9.34. The molecular formula is C35H34Cl2N4O5S2. The van der Waals surface area contributed by atoms with Crippen LogP contribution in [0.3, 0.4) is 0 Å². The van der Waals surface area contributed by atoms with Gasteiger partial charge >= 0.3 is 0 Å². The number of hydrogen-bond donors (Lipinski definition) is 0. The summed E-state index contributed by atoms with van der Waals surface area (Å²) in [5, 5.41) is 1.35. The fourth-order valence-corrected chi connectivity index (χ4v) is 9.76. The van der Waals surface area contributed by atoms with E-state index in [-0.39, 0.29) is 26.7 Å². The van der Waals surface area contributed by atoms with Gasteiger partial charge in [0.25, 0.3) is 0 Å². The minimum absolute atomic E-state index is 0.0536. The maximum Gasteiger partial charge on any atom is 0.243 e. The van der Waals surface area contributed by atoms with Gasteiger partial charge in [-0.15, -0.1) is 0 Å². The molecule has 0 saturated carbocycles. The first kappa shape index (κ1) is 33.4. The number of sulfonamides is 2. The van der Waals surface area contributed by atoms with Crippen LogP contribution in [0.4, 0.5) is 0 Å². The van der Waals surface area contributed by atoms with E-state index in [0.717, 1.165) is 11.1 Å². The molecule has 0 atom stereocenters. The molecule has 0 amide bonds. The van der Waals surface area contributed by atoms with E-state index < -0.39 is 20.0 Å². The molecule has 250 valence electrons. The Bertz CT molecular complexity index is 1930. The van der Waals surface area contributed by atoms with Crippen LogP contribution in [-0.4, -0.2) is 93.4 Å². The number of hydrogen-bond acceptors (Lipinski definition) is 7. The smallest absolute Gasteiger partial charge is 0.243 e. The lowest BCUT2D eigenvalue weighted by Gasteiger charge is -2.34. The normalized spacial score (nSPS) is 18.2. The van der Waals surface area contributed by atoms with Gasteiger partial charge in [-0.2, -0.15) is 8.61 Å². The maximum atomic E-state index is 13.7. The van der Waals surface area contributed by atoms with Crippen molar-refractivity contribution in [2.75, 3.05) is 52.4 Å². The summed E-state index contributed by atoms with van der Waals surface area (Å²) in [6.45, 7) is 5.03. The summed E-state index contributed by atoms with van der Waals surface area (Å²) in [5.74, 6) is -0.380. The summed E-state index contributed by atoms with van der Waals surface area (Å²) in [5.41, 5.74) is 3.94. The Balaban J connectivity index is 1.02. The monoisotopic (exact) mass is 724 g/mol. The molecule has 2 heterocycles. The Morgan fingerprint density at radius 3 is 1.19 bits per heavy atom. The van der Waals surface area contributed by atoms with Crippen LogP contribution in [0.2, 0.25) is 10.0 Å². The van der Waals surface area contributed by atoms with Gasteiger partial charge in [0.2, 0.25) is 20.0 Å². The van der Waals surface area contributed by atoms with Crippen molar-refractivity contribution in [1.82, 2.24) is 18.4 Å². The number of rotatable bonds is 8. The SMILES string of the molecule is O=C1c2cc(S(=O)(=O)N3CCN(Cc4ccc(Cl)cc4)CC3)ccc2-c2ccc(S(=O)(=O)N3CCN(Cc4ccc(Cl)cc4)CC3)cc21. The topological polar surface area (TPSA) is 98.3 Å². The third kappa shape index (κ3) is 6.58. The number of piperazine rings is 2. The number of ketones is 1. The van der Waals surface area contributed by atoms with Gasteiger partial charge in [-0.3, -0.25) is 14.6 Å². The van der Waals surface area contributed by atoms with E-state index in [9.17, 15) is 21.6 Å². The average Bonchev–Trinajstić information content (AvgIpc) is 3.37. The van der Waals surface area contributed by atoms with Crippen LogP contribution in [-0.2, 0) is 33.1 Å². The van der Waals surface area contributed by atoms with Gasteiger partial charge in [-0.1, -0.05) is 59.6 Å². The van der Waals surface area contributed by atoms with E-state index in [1.807, 2.05) is 48.5 Å². The lowest BCUT2D eigenvalue weighted by Crippen LogP contribution is -2.48. The highest BCUT2D eigenvalue weighted by Gasteiger charge is 2.35. The highest BCUT2D eigenvalue weighted by molar-refractivity contribution is 7.89. The first-order valence-electron chi connectivity index (χ1n) is 15.8. The zero-order chi connectivity index (χ0) is 33.6. The third-order valence-corrected chi connectivity index (χ3v) is 13.6. The highest BCUT2D eigenvalue weighted by Crippen LogP contribution is 2.39. The van der Waals surface area contributed by atoms with Crippen molar-refractivity contribution >= 4 is 49.0 Å². The van der Waals surface area contributed by atoms with Crippen LogP contribution in [0.25, 0.3) is 11.1 Å². The first-order chi connectivity index (χ1) is 23.0. The maximum absolute atomic E-state index is 13.7. The second-order valence-corrected chi connectivity index (χ2v) is 17.1. The Morgan fingerprint density at radius 2 is 0.833 bits per heavy atom. The molecule has 48 heavy (non-hydrogen) atoms. The van der Waals surface area contributed by atoms with E-state index in [4.69, 9.17) is 23.2 Å². The zero-order valence-corrected chi connectivity index (χ0v) is 29.2. The lowest BCUT2D eigenvalue weighted by atomic mass is 10.1. The van der Waals surface area contributed by atoms with Crippen LogP contribution in [0.1, 0.15) is 27.0 Å². The molecule has 4 aromatic carbocycles. The van der Waals surface area contributed by atoms with Gasteiger partial charge in [0.15, 0.2) is 5.78 Å². The molecule has 13 heteroatoms. The van der Waals surface area contributed by atoms with Crippen molar-refractivity contribution in [1.29, 1.82) is 0 Å². The molecule has 9 nitrogen and oxygen atoms in total. The lowest BCUT2D eigenvalue weighted by molar-refractivity contribution is 0.104. The van der Waals surface area contributed by atoms with E-state index in [0.29, 0.717) is 86.6 Å². The van der Waals surface area contributed by atoms with Crippen molar-refractivity contribution in [2.24, 2.45) is 0 Å². The summed E-state index contributed by atoms with van der Waals surface area (Å²) < 4.78 is 57.5. The Labute approximate surface area is 291 Å². The van der Waals surface area contributed by atoms with E-state index in [1.54, 1.807) is 12.1 Å². The largest absolute Gasteiger partial charge is 0.296 e. The first-order valence-corrected chi connectivity index (χ1v) is 19.4. The minimum Gasteiger partial charge on any atom is -0.296 e. The molecule has 0 aromatic heterocycles. The molecule has 1 aliphatic carbocycles. The van der Waals surface area contributed by atoms with Gasteiger partial charge in [0.1, 0.15) is 0 Å². The molecule has 2 fully saturated rings. The Hall–Kier alpha value is -3.13. The van der Waals surface area contributed by atoms with E-state index >= 15 is 0 Å². The van der Waals surface area contributed by atoms with Crippen molar-refractivity contribution < 1.29 is 21.6 Å². The van der Waals surface area contributed by atoms with Crippen LogP contribution < -0.4 is 0 Å². The molecule has 7 rings (SSSR count). The predicted molar refractivity (Wildman–Crippen MR) is 186 cm³/mol. The number of carbonyl (C=O) groups is 1. The molecule has 2 aliphatic heterocycles. The zero-order valence-electron chi connectivity index (χ0n) is 26.1. The number of halogens is 2. The van der Waals surface area contributed by atoms with Crippen molar-refractivity contribution in [2.45, 2.75) is 22.9 Å². The van der Waals surface area contributed by atoms with Crippen LogP contribution in [0, 0.1) is 0 Å². The average molecular weight is 726 g/mol. The molecule has 4 aromatic rings. The van der Waals surface area contributed by atoms with Crippen LogP contribution in [0.15, 0.2) is 94.7 Å². The fourth-order valence-electron chi connectivity index (χ4n) is 6.61. The van der Waals surface area contributed by atoms with Gasteiger partial charge in [0.05, 0.1) is 9.79 Å².